The number of carbonyl (C=O) groups is 2. The lowest BCUT2D eigenvalue weighted by Gasteiger charge is -2.13. The van der Waals surface area contributed by atoms with Gasteiger partial charge in [0.05, 0.1) is 18.1 Å². The lowest BCUT2D eigenvalue weighted by atomic mass is 10.1. The lowest BCUT2D eigenvalue weighted by molar-refractivity contribution is -0.123. The topological polar surface area (TPSA) is 46.6 Å². The molecular weight excluding hydrogens is 412 g/mol. The number of carbonyl (C=O) groups excluding carboxylic acids is 2. The van der Waals surface area contributed by atoms with Gasteiger partial charge in [-0.25, -0.2) is 4.39 Å². The maximum absolute atomic E-state index is 13.2. The third-order valence-corrected chi connectivity index (χ3v) is 5.27. The van der Waals surface area contributed by atoms with Crippen LogP contribution in [0.1, 0.15) is 18.1 Å². The van der Waals surface area contributed by atoms with Crippen LogP contribution in [-0.2, 0) is 11.3 Å². The molecule has 2 aromatic carbocycles. The van der Waals surface area contributed by atoms with Crippen LogP contribution in [0.4, 0.5) is 9.18 Å². The summed E-state index contributed by atoms with van der Waals surface area (Å²) in [6, 6.07) is 8.89. The summed E-state index contributed by atoms with van der Waals surface area (Å²) in [5, 5.41) is 0.222. The number of amides is 2. The molecule has 1 heterocycles. The Kier molecular flexibility index (Phi) is 6.09. The first kappa shape index (κ1) is 19.7. The van der Waals surface area contributed by atoms with Crippen LogP contribution in [0.25, 0.3) is 6.08 Å². The van der Waals surface area contributed by atoms with Gasteiger partial charge in [-0.15, -0.1) is 0 Å². The Balaban J connectivity index is 1.88. The van der Waals surface area contributed by atoms with E-state index in [9.17, 15) is 14.0 Å². The molecule has 3 rings (SSSR count). The van der Waals surface area contributed by atoms with Gasteiger partial charge in [0, 0.05) is 15.6 Å². The molecule has 4 nitrogen and oxygen atoms in total. The SMILES string of the molecule is CCOc1ccc(Cl)cc1/C=C1/SC(=O)N(Cc2ccc(F)cc2Cl)C1=O. The summed E-state index contributed by atoms with van der Waals surface area (Å²) < 4.78 is 18.7. The first-order chi connectivity index (χ1) is 12.9. The van der Waals surface area contributed by atoms with E-state index in [0.717, 1.165) is 22.7 Å². The first-order valence-electron chi connectivity index (χ1n) is 8.00. The van der Waals surface area contributed by atoms with Gasteiger partial charge >= 0.3 is 0 Å². The van der Waals surface area contributed by atoms with Crippen LogP contribution < -0.4 is 4.74 Å². The molecule has 140 valence electrons. The summed E-state index contributed by atoms with van der Waals surface area (Å²) in [5.74, 6) is -0.370. The number of benzene rings is 2. The molecule has 0 aliphatic carbocycles. The first-order valence-corrected chi connectivity index (χ1v) is 9.58. The zero-order chi connectivity index (χ0) is 19.6. The van der Waals surface area contributed by atoms with Crippen molar-refractivity contribution in [3.8, 4) is 5.75 Å². The molecule has 2 aromatic rings. The van der Waals surface area contributed by atoms with Gasteiger partial charge in [0.1, 0.15) is 11.6 Å². The highest BCUT2D eigenvalue weighted by Crippen LogP contribution is 2.36. The zero-order valence-electron chi connectivity index (χ0n) is 14.2. The minimum absolute atomic E-state index is 0.0328. The Labute approximate surface area is 169 Å². The molecule has 1 aliphatic rings. The zero-order valence-corrected chi connectivity index (χ0v) is 16.5. The second-order valence-corrected chi connectivity index (χ2v) is 7.46. The fraction of sp³-hybridized carbons (Fsp3) is 0.158. The Morgan fingerprint density at radius 3 is 2.67 bits per heavy atom. The second-order valence-electron chi connectivity index (χ2n) is 5.62. The van der Waals surface area contributed by atoms with Gasteiger partial charge in [-0.05, 0) is 60.7 Å². The molecule has 0 aromatic heterocycles. The van der Waals surface area contributed by atoms with Crippen LogP contribution in [0, 0.1) is 5.82 Å². The Hall–Kier alpha value is -2.02. The molecule has 0 spiro atoms. The summed E-state index contributed by atoms with van der Waals surface area (Å²) in [4.78, 5) is 26.3. The van der Waals surface area contributed by atoms with E-state index in [2.05, 4.69) is 0 Å². The number of ether oxygens (including phenoxy) is 1. The molecule has 1 saturated heterocycles. The summed E-state index contributed by atoms with van der Waals surface area (Å²) >= 11 is 12.9. The van der Waals surface area contributed by atoms with Gasteiger partial charge in [-0.1, -0.05) is 29.3 Å². The summed E-state index contributed by atoms with van der Waals surface area (Å²) in [6.07, 6.45) is 1.58. The van der Waals surface area contributed by atoms with Gasteiger partial charge in [0.15, 0.2) is 0 Å². The third kappa shape index (κ3) is 4.46. The number of nitrogens with zero attached hydrogens (tertiary/aromatic N) is 1. The largest absolute Gasteiger partial charge is 0.493 e. The van der Waals surface area contributed by atoms with Gasteiger partial charge in [0.2, 0.25) is 0 Å². The second kappa shape index (κ2) is 8.33. The van der Waals surface area contributed by atoms with Crippen LogP contribution in [0.3, 0.4) is 0 Å². The van der Waals surface area contributed by atoms with Crippen LogP contribution >= 0.6 is 35.0 Å². The van der Waals surface area contributed by atoms with Gasteiger partial charge in [0.25, 0.3) is 11.1 Å². The van der Waals surface area contributed by atoms with E-state index in [1.807, 2.05) is 6.92 Å². The minimum atomic E-state index is -0.484. The van der Waals surface area contributed by atoms with Crippen molar-refractivity contribution >= 4 is 52.2 Å². The summed E-state index contributed by atoms with van der Waals surface area (Å²) in [7, 11) is 0. The summed E-state index contributed by atoms with van der Waals surface area (Å²) in [6.45, 7) is 2.26. The van der Waals surface area contributed by atoms with Crippen molar-refractivity contribution in [2.75, 3.05) is 6.61 Å². The van der Waals surface area contributed by atoms with Crippen molar-refractivity contribution in [3.05, 3.63) is 68.3 Å². The highest BCUT2D eigenvalue weighted by Gasteiger charge is 2.35. The highest BCUT2D eigenvalue weighted by molar-refractivity contribution is 8.18. The third-order valence-electron chi connectivity index (χ3n) is 3.78. The molecule has 0 radical (unpaired) electrons. The molecule has 1 aliphatic heterocycles. The minimum Gasteiger partial charge on any atom is -0.493 e. The molecule has 0 atom stereocenters. The van der Waals surface area contributed by atoms with E-state index in [0.29, 0.717) is 28.5 Å². The molecular formula is C19H14Cl2FNO3S. The molecule has 0 bridgehead atoms. The highest BCUT2D eigenvalue weighted by atomic mass is 35.5. The predicted octanol–water partition coefficient (Wildman–Crippen LogP) is 5.77. The van der Waals surface area contributed by atoms with Crippen molar-refractivity contribution < 1.29 is 18.7 Å². The number of imide groups is 1. The van der Waals surface area contributed by atoms with Crippen molar-refractivity contribution in [3.63, 3.8) is 0 Å². The fourth-order valence-corrected chi connectivity index (χ4v) is 3.75. The number of hydrogen-bond donors (Lipinski definition) is 0. The van der Waals surface area contributed by atoms with Crippen LogP contribution in [-0.4, -0.2) is 22.7 Å². The lowest BCUT2D eigenvalue weighted by Crippen LogP contribution is -2.27. The van der Waals surface area contributed by atoms with Crippen LogP contribution in [0.2, 0.25) is 10.0 Å². The van der Waals surface area contributed by atoms with Crippen LogP contribution in [0.5, 0.6) is 5.75 Å². The van der Waals surface area contributed by atoms with Crippen LogP contribution in [0.15, 0.2) is 41.3 Å². The molecule has 1 fully saturated rings. The number of thioether (sulfide) groups is 1. The maximum atomic E-state index is 13.2. The van der Waals surface area contributed by atoms with E-state index in [4.69, 9.17) is 27.9 Å². The normalized spacial score (nSPS) is 15.7. The average molecular weight is 426 g/mol. The van der Waals surface area contributed by atoms with E-state index < -0.39 is 17.0 Å². The van der Waals surface area contributed by atoms with Gasteiger partial charge < -0.3 is 4.74 Å². The summed E-state index contributed by atoms with van der Waals surface area (Å²) in [5.41, 5.74) is 1.09. The van der Waals surface area contributed by atoms with E-state index >= 15 is 0 Å². The fourth-order valence-electron chi connectivity index (χ4n) is 2.52. The van der Waals surface area contributed by atoms with E-state index in [1.165, 1.54) is 12.1 Å². The molecule has 8 heteroatoms. The molecule has 0 unspecified atom stereocenters. The van der Waals surface area contributed by atoms with Gasteiger partial charge in [-0.2, -0.15) is 0 Å². The number of rotatable bonds is 5. The smallest absolute Gasteiger partial charge is 0.293 e. The predicted molar refractivity (Wildman–Crippen MR) is 106 cm³/mol. The monoisotopic (exact) mass is 425 g/mol. The van der Waals surface area contributed by atoms with Crippen molar-refractivity contribution in [2.24, 2.45) is 0 Å². The van der Waals surface area contributed by atoms with Gasteiger partial charge in [-0.3, -0.25) is 14.5 Å². The Bertz CT molecular complexity index is 949. The maximum Gasteiger partial charge on any atom is 0.293 e. The molecule has 0 N–H and O–H groups in total. The van der Waals surface area contributed by atoms with Crippen molar-refractivity contribution in [2.45, 2.75) is 13.5 Å². The van der Waals surface area contributed by atoms with E-state index in [-0.39, 0.29) is 16.5 Å². The molecule has 27 heavy (non-hydrogen) atoms. The molecule has 0 saturated carbocycles. The average Bonchev–Trinajstić information content (AvgIpc) is 2.87. The van der Waals surface area contributed by atoms with Crippen molar-refractivity contribution in [1.29, 1.82) is 0 Å². The Morgan fingerprint density at radius 2 is 1.96 bits per heavy atom. The van der Waals surface area contributed by atoms with E-state index in [1.54, 1.807) is 24.3 Å². The number of halogens is 3. The Morgan fingerprint density at radius 1 is 1.19 bits per heavy atom. The number of hydrogen-bond acceptors (Lipinski definition) is 4. The molecule has 2 amide bonds. The quantitative estimate of drug-likeness (QED) is 0.570. The standard InChI is InChI=1S/C19H14Cl2FNO3S/c1-2-26-16-6-4-13(20)7-12(16)8-17-18(24)23(19(25)27-17)10-11-3-5-14(22)9-15(11)21/h3-9H,2,10H2,1H3/b17-8+. The van der Waals surface area contributed by atoms with Crippen molar-refractivity contribution in [1.82, 2.24) is 4.90 Å².